The van der Waals surface area contributed by atoms with E-state index >= 15 is 0 Å². The molecule has 0 aromatic heterocycles. The van der Waals surface area contributed by atoms with Gasteiger partial charge in [0.2, 0.25) is 0 Å². The SMILES string of the molecule is CCCCOc1ccc(Br)cc1C(=O)Nc1ccc(I)cc1. The first-order chi connectivity index (χ1) is 10.6. The molecular weight excluding hydrogens is 457 g/mol. The van der Waals surface area contributed by atoms with Gasteiger partial charge in [-0.2, -0.15) is 0 Å². The van der Waals surface area contributed by atoms with E-state index in [1.807, 2.05) is 36.4 Å². The molecule has 1 N–H and O–H groups in total. The Morgan fingerprint density at radius 3 is 2.64 bits per heavy atom. The average Bonchev–Trinajstić information content (AvgIpc) is 2.51. The van der Waals surface area contributed by atoms with Gasteiger partial charge in [0, 0.05) is 13.7 Å². The molecule has 0 radical (unpaired) electrons. The fourth-order valence-electron chi connectivity index (χ4n) is 1.86. The largest absolute Gasteiger partial charge is 0.493 e. The van der Waals surface area contributed by atoms with Gasteiger partial charge >= 0.3 is 0 Å². The standard InChI is InChI=1S/C17H17BrINO2/c1-2-3-10-22-16-9-4-12(18)11-15(16)17(21)20-14-7-5-13(19)6-8-14/h4-9,11H,2-3,10H2,1H3,(H,20,21). The Labute approximate surface area is 152 Å². The van der Waals surface area contributed by atoms with E-state index in [0.717, 1.165) is 26.6 Å². The lowest BCUT2D eigenvalue weighted by atomic mass is 10.2. The number of nitrogens with one attached hydrogen (secondary N) is 1. The zero-order valence-corrected chi connectivity index (χ0v) is 16.0. The summed E-state index contributed by atoms with van der Waals surface area (Å²) in [5, 5.41) is 2.90. The van der Waals surface area contributed by atoms with Gasteiger partial charge in [-0.3, -0.25) is 4.79 Å². The van der Waals surface area contributed by atoms with Crippen molar-refractivity contribution in [3.8, 4) is 5.75 Å². The zero-order valence-electron chi connectivity index (χ0n) is 12.2. The molecule has 0 bridgehead atoms. The molecule has 2 aromatic rings. The number of benzene rings is 2. The number of rotatable bonds is 6. The van der Waals surface area contributed by atoms with E-state index in [2.05, 4.69) is 50.8 Å². The number of ether oxygens (including phenoxy) is 1. The summed E-state index contributed by atoms with van der Waals surface area (Å²) in [5.74, 6) is 0.439. The number of anilines is 1. The van der Waals surface area contributed by atoms with E-state index in [-0.39, 0.29) is 5.91 Å². The molecule has 0 saturated heterocycles. The number of hydrogen-bond acceptors (Lipinski definition) is 2. The molecule has 0 spiro atoms. The van der Waals surface area contributed by atoms with Crippen molar-refractivity contribution in [3.05, 3.63) is 56.1 Å². The lowest BCUT2D eigenvalue weighted by Gasteiger charge is -2.12. The highest BCUT2D eigenvalue weighted by Crippen LogP contribution is 2.25. The van der Waals surface area contributed by atoms with Gasteiger partial charge < -0.3 is 10.1 Å². The second-order valence-electron chi connectivity index (χ2n) is 4.80. The van der Waals surface area contributed by atoms with E-state index in [1.165, 1.54) is 0 Å². The Kier molecular flexibility index (Phi) is 6.70. The molecule has 0 unspecified atom stereocenters. The summed E-state index contributed by atoms with van der Waals surface area (Å²) in [7, 11) is 0. The lowest BCUT2D eigenvalue weighted by molar-refractivity contribution is 0.102. The number of halogens is 2. The fourth-order valence-corrected chi connectivity index (χ4v) is 2.58. The first-order valence-corrected chi connectivity index (χ1v) is 8.96. The van der Waals surface area contributed by atoms with E-state index in [1.54, 1.807) is 6.07 Å². The van der Waals surface area contributed by atoms with E-state index in [4.69, 9.17) is 4.74 Å². The molecule has 0 saturated carbocycles. The molecule has 2 aromatic carbocycles. The topological polar surface area (TPSA) is 38.3 Å². The lowest BCUT2D eigenvalue weighted by Crippen LogP contribution is -2.14. The summed E-state index contributed by atoms with van der Waals surface area (Å²) in [6.45, 7) is 2.72. The highest BCUT2D eigenvalue weighted by Gasteiger charge is 2.13. The van der Waals surface area contributed by atoms with Crippen LogP contribution >= 0.6 is 38.5 Å². The summed E-state index contributed by atoms with van der Waals surface area (Å²) in [4.78, 5) is 12.5. The number of unbranched alkanes of at least 4 members (excludes halogenated alkanes) is 1. The summed E-state index contributed by atoms with van der Waals surface area (Å²) in [5.41, 5.74) is 1.30. The molecule has 5 heteroatoms. The van der Waals surface area contributed by atoms with Gasteiger partial charge in [-0.15, -0.1) is 0 Å². The van der Waals surface area contributed by atoms with Crippen molar-refractivity contribution in [1.29, 1.82) is 0 Å². The molecule has 1 amide bonds. The summed E-state index contributed by atoms with van der Waals surface area (Å²) in [6, 6.07) is 13.2. The van der Waals surface area contributed by atoms with Crippen LogP contribution in [0.1, 0.15) is 30.1 Å². The van der Waals surface area contributed by atoms with Crippen LogP contribution in [-0.4, -0.2) is 12.5 Å². The Hall–Kier alpha value is -1.08. The highest BCUT2D eigenvalue weighted by atomic mass is 127. The van der Waals surface area contributed by atoms with Crippen molar-refractivity contribution in [2.24, 2.45) is 0 Å². The van der Waals surface area contributed by atoms with Gasteiger partial charge in [0.1, 0.15) is 5.75 Å². The second-order valence-corrected chi connectivity index (χ2v) is 6.96. The molecule has 0 fully saturated rings. The van der Waals surface area contributed by atoms with Crippen molar-refractivity contribution in [3.63, 3.8) is 0 Å². The van der Waals surface area contributed by atoms with Gasteiger partial charge in [-0.25, -0.2) is 0 Å². The van der Waals surface area contributed by atoms with Crippen LogP contribution in [0.3, 0.4) is 0 Å². The van der Waals surface area contributed by atoms with Gasteiger partial charge in [-0.1, -0.05) is 29.3 Å². The van der Waals surface area contributed by atoms with Crippen LogP contribution in [0.4, 0.5) is 5.69 Å². The van der Waals surface area contributed by atoms with Crippen LogP contribution < -0.4 is 10.1 Å². The van der Waals surface area contributed by atoms with E-state index in [0.29, 0.717) is 17.9 Å². The van der Waals surface area contributed by atoms with Crippen LogP contribution in [-0.2, 0) is 0 Å². The van der Waals surface area contributed by atoms with Crippen LogP contribution in [0.25, 0.3) is 0 Å². The fraction of sp³-hybridized carbons (Fsp3) is 0.235. The smallest absolute Gasteiger partial charge is 0.259 e. The third kappa shape index (κ3) is 4.98. The molecule has 22 heavy (non-hydrogen) atoms. The summed E-state index contributed by atoms with van der Waals surface area (Å²) >= 11 is 5.64. The van der Waals surface area contributed by atoms with Crippen molar-refractivity contribution >= 4 is 50.1 Å². The van der Waals surface area contributed by atoms with Crippen molar-refractivity contribution in [2.45, 2.75) is 19.8 Å². The molecule has 116 valence electrons. The molecular formula is C17H17BrINO2. The average molecular weight is 474 g/mol. The van der Waals surface area contributed by atoms with E-state index < -0.39 is 0 Å². The number of carbonyl (C=O) groups excluding carboxylic acids is 1. The Balaban J connectivity index is 2.16. The highest BCUT2D eigenvalue weighted by molar-refractivity contribution is 14.1. The summed E-state index contributed by atoms with van der Waals surface area (Å²) < 4.78 is 7.70. The molecule has 0 heterocycles. The number of hydrogen-bond donors (Lipinski definition) is 1. The summed E-state index contributed by atoms with van der Waals surface area (Å²) in [6.07, 6.45) is 2.02. The van der Waals surface area contributed by atoms with Crippen molar-refractivity contribution in [1.82, 2.24) is 0 Å². The van der Waals surface area contributed by atoms with Crippen LogP contribution in [0.5, 0.6) is 5.75 Å². The molecule has 0 aliphatic rings. The quantitative estimate of drug-likeness (QED) is 0.445. The van der Waals surface area contributed by atoms with Crippen LogP contribution in [0, 0.1) is 3.57 Å². The zero-order chi connectivity index (χ0) is 15.9. The molecule has 0 aliphatic carbocycles. The van der Waals surface area contributed by atoms with Gasteiger partial charge in [0.25, 0.3) is 5.91 Å². The monoisotopic (exact) mass is 473 g/mol. The first-order valence-electron chi connectivity index (χ1n) is 7.09. The predicted molar refractivity (Wildman–Crippen MR) is 102 cm³/mol. The Morgan fingerprint density at radius 1 is 1.23 bits per heavy atom. The van der Waals surface area contributed by atoms with Gasteiger partial charge in [0.15, 0.2) is 0 Å². The minimum atomic E-state index is -0.172. The van der Waals surface area contributed by atoms with Crippen LogP contribution in [0.2, 0.25) is 0 Å². The third-order valence-electron chi connectivity index (χ3n) is 3.04. The predicted octanol–water partition coefficient (Wildman–Crippen LogP) is 5.48. The maximum absolute atomic E-state index is 12.5. The van der Waals surface area contributed by atoms with Crippen molar-refractivity contribution < 1.29 is 9.53 Å². The van der Waals surface area contributed by atoms with Gasteiger partial charge in [-0.05, 0) is 71.5 Å². The number of carbonyl (C=O) groups is 1. The van der Waals surface area contributed by atoms with E-state index in [9.17, 15) is 4.79 Å². The Bertz CT molecular complexity index is 644. The van der Waals surface area contributed by atoms with Crippen LogP contribution in [0.15, 0.2) is 46.9 Å². The normalized spacial score (nSPS) is 10.3. The number of amides is 1. The second kappa shape index (κ2) is 8.53. The molecule has 0 atom stereocenters. The molecule has 2 rings (SSSR count). The third-order valence-corrected chi connectivity index (χ3v) is 4.26. The first kappa shape index (κ1) is 17.3. The maximum Gasteiger partial charge on any atom is 0.259 e. The maximum atomic E-state index is 12.5. The Morgan fingerprint density at radius 2 is 1.95 bits per heavy atom. The minimum absolute atomic E-state index is 0.172. The van der Waals surface area contributed by atoms with Crippen molar-refractivity contribution in [2.75, 3.05) is 11.9 Å². The molecule has 3 nitrogen and oxygen atoms in total. The minimum Gasteiger partial charge on any atom is -0.493 e. The molecule has 0 aliphatic heterocycles. The van der Waals surface area contributed by atoms with Gasteiger partial charge in [0.05, 0.1) is 12.2 Å².